The van der Waals surface area contributed by atoms with Crippen molar-refractivity contribution in [3.05, 3.63) is 35.4 Å². The third-order valence-corrected chi connectivity index (χ3v) is 5.03. The van der Waals surface area contributed by atoms with E-state index in [4.69, 9.17) is 0 Å². The van der Waals surface area contributed by atoms with Gasteiger partial charge in [0, 0.05) is 13.1 Å². The van der Waals surface area contributed by atoms with Gasteiger partial charge in [0.2, 0.25) is 5.91 Å². The van der Waals surface area contributed by atoms with Crippen LogP contribution in [0, 0.1) is 18.3 Å². The summed E-state index contributed by atoms with van der Waals surface area (Å²) in [5, 5.41) is 6.61. The van der Waals surface area contributed by atoms with Gasteiger partial charge < -0.3 is 10.6 Å². The summed E-state index contributed by atoms with van der Waals surface area (Å²) in [7, 11) is 0. The van der Waals surface area contributed by atoms with Crippen LogP contribution in [-0.2, 0) is 11.3 Å². The fourth-order valence-electron chi connectivity index (χ4n) is 3.87. The number of aryl methyl sites for hydroxylation is 1. The van der Waals surface area contributed by atoms with Crippen molar-refractivity contribution in [2.75, 3.05) is 13.1 Å². The van der Waals surface area contributed by atoms with Crippen LogP contribution in [0.1, 0.15) is 36.8 Å². The molecule has 2 aliphatic rings. The van der Waals surface area contributed by atoms with E-state index in [-0.39, 0.29) is 23.7 Å². The summed E-state index contributed by atoms with van der Waals surface area (Å²) < 4.78 is 0. The highest BCUT2D eigenvalue weighted by Crippen LogP contribution is 2.43. The molecule has 1 saturated carbocycles. The average molecular weight is 309 g/mol. The van der Waals surface area contributed by atoms with Crippen LogP contribution in [0.5, 0.6) is 0 Å². The van der Waals surface area contributed by atoms with E-state index < -0.39 is 0 Å². The predicted molar refractivity (Wildman–Crippen MR) is 87.5 cm³/mol. The summed E-state index contributed by atoms with van der Waals surface area (Å²) >= 11 is 0. The SMILES string of the molecule is Cc1cccc(CNC(=O)[C@@]23CCCC[C@H]2CNC3)c1.Cl. The Morgan fingerprint density at radius 2 is 2.29 bits per heavy atom. The van der Waals surface area contributed by atoms with Crippen LogP contribution in [0.15, 0.2) is 24.3 Å². The number of rotatable bonds is 3. The summed E-state index contributed by atoms with van der Waals surface area (Å²) in [6, 6.07) is 8.36. The quantitative estimate of drug-likeness (QED) is 0.901. The molecule has 3 rings (SSSR count). The van der Waals surface area contributed by atoms with E-state index in [0.717, 1.165) is 19.5 Å². The number of halogens is 1. The Morgan fingerprint density at radius 3 is 3.10 bits per heavy atom. The van der Waals surface area contributed by atoms with Crippen LogP contribution >= 0.6 is 12.4 Å². The highest BCUT2D eigenvalue weighted by atomic mass is 35.5. The van der Waals surface area contributed by atoms with Crippen molar-refractivity contribution in [1.82, 2.24) is 10.6 Å². The predicted octanol–water partition coefficient (Wildman–Crippen LogP) is 2.81. The van der Waals surface area contributed by atoms with Crippen LogP contribution in [-0.4, -0.2) is 19.0 Å². The van der Waals surface area contributed by atoms with Crippen LogP contribution in [0.3, 0.4) is 0 Å². The lowest BCUT2D eigenvalue weighted by atomic mass is 9.67. The molecule has 0 aromatic heterocycles. The van der Waals surface area contributed by atoms with Gasteiger partial charge in [0.15, 0.2) is 0 Å². The first-order chi connectivity index (χ1) is 9.71. The second kappa shape index (κ2) is 6.80. The topological polar surface area (TPSA) is 41.1 Å². The molecule has 1 amide bonds. The Morgan fingerprint density at radius 1 is 1.43 bits per heavy atom. The first kappa shape index (κ1) is 16.3. The summed E-state index contributed by atoms with van der Waals surface area (Å²) in [6.07, 6.45) is 4.71. The first-order valence-corrected chi connectivity index (χ1v) is 7.75. The average Bonchev–Trinajstić information content (AvgIpc) is 2.90. The second-order valence-corrected chi connectivity index (χ2v) is 6.40. The van der Waals surface area contributed by atoms with E-state index in [1.54, 1.807) is 0 Å². The van der Waals surface area contributed by atoms with Gasteiger partial charge in [0.25, 0.3) is 0 Å². The fraction of sp³-hybridized carbons (Fsp3) is 0.588. The standard InChI is InChI=1S/C17H24N2O.ClH/c1-13-5-4-6-14(9-13)10-19-16(20)17-8-3-2-7-15(17)11-18-12-17;/h4-6,9,15,18H,2-3,7-8,10-12H2,1H3,(H,19,20);1H/t15-,17+;/m0./s1. The first-order valence-electron chi connectivity index (χ1n) is 7.75. The zero-order valence-corrected chi connectivity index (χ0v) is 13.5. The smallest absolute Gasteiger partial charge is 0.228 e. The van der Waals surface area contributed by atoms with E-state index in [9.17, 15) is 4.79 Å². The van der Waals surface area contributed by atoms with Gasteiger partial charge in [-0.25, -0.2) is 0 Å². The Labute approximate surface area is 133 Å². The molecule has 1 aliphatic carbocycles. The minimum Gasteiger partial charge on any atom is -0.351 e. The molecule has 1 heterocycles. The van der Waals surface area contributed by atoms with Crippen LogP contribution in [0.2, 0.25) is 0 Å². The summed E-state index contributed by atoms with van der Waals surface area (Å²) in [6.45, 7) is 4.60. The molecular weight excluding hydrogens is 284 g/mol. The number of nitrogens with one attached hydrogen (secondary N) is 2. The normalized spacial score (nSPS) is 27.6. The van der Waals surface area contributed by atoms with E-state index in [0.29, 0.717) is 12.5 Å². The number of benzene rings is 1. The van der Waals surface area contributed by atoms with Crippen molar-refractivity contribution in [2.45, 2.75) is 39.2 Å². The molecule has 4 heteroatoms. The number of carbonyl (C=O) groups excluding carboxylic acids is 1. The molecule has 0 unspecified atom stereocenters. The molecule has 0 spiro atoms. The molecule has 0 bridgehead atoms. The molecule has 3 nitrogen and oxygen atoms in total. The summed E-state index contributed by atoms with van der Waals surface area (Å²) in [4.78, 5) is 12.7. The molecule has 2 fully saturated rings. The minimum absolute atomic E-state index is 0. The van der Waals surface area contributed by atoms with Crippen molar-refractivity contribution in [3.8, 4) is 0 Å². The molecule has 2 atom stereocenters. The molecule has 1 aliphatic heterocycles. The van der Waals surface area contributed by atoms with Crippen LogP contribution < -0.4 is 10.6 Å². The lowest BCUT2D eigenvalue weighted by Crippen LogP contribution is -2.47. The lowest BCUT2D eigenvalue weighted by molar-refractivity contribution is -0.134. The Bertz CT molecular complexity index is 505. The maximum Gasteiger partial charge on any atom is 0.228 e. The highest BCUT2D eigenvalue weighted by Gasteiger charge is 2.49. The molecule has 1 saturated heterocycles. The zero-order valence-electron chi connectivity index (χ0n) is 12.7. The van der Waals surface area contributed by atoms with Crippen molar-refractivity contribution in [1.29, 1.82) is 0 Å². The van der Waals surface area contributed by atoms with Gasteiger partial charge in [-0.3, -0.25) is 4.79 Å². The number of fused-ring (bicyclic) bond motifs is 1. The fourth-order valence-corrected chi connectivity index (χ4v) is 3.87. The van der Waals surface area contributed by atoms with Crippen molar-refractivity contribution in [3.63, 3.8) is 0 Å². The van der Waals surface area contributed by atoms with E-state index in [1.165, 1.54) is 30.4 Å². The summed E-state index contributed by atoms with van der Waals surface area (Å²) in [5.74, 6) is 0.794. The van der Waals surface area contributed by atoms with Gasteiger partial charge in [0.05, 0.1) is 5.41 Å². The van der Waals surface area contributed by atoms with Crippen molar-refractivity contribution < 1.29 is 4.79 Å². The summed E-state index contributed by atoms with van der Waals surface area (Å²) in [5.41, 5.74) is 2.29. The van der Waals surface area contributed by atoms with Gasteiger partial charge >= 0.3 is 0 Å². The third-order valence-electron chi connectivity index (χ3n) is 5.03. The maximum atomic E-state index is 12.7. The Hall–Kier alpha value is -1.06. The van der Waals surface area contributed by atoms with Crippen molar-refractivity contribution in [2.24, 2.45) is 11.3 Å². The van der Waals surface area contributed by atoms with Gasteiger partial charge in [-0.2, -0.15) is 0 Å². The molecule has 1 aromatic rings. The Kier molecular flexibility index (Phi) is 5.28. The molecule has 116 valence electrons. The number of hydrogen-bond acceptors (Lipinski definition) is 2. The maximum absolute atomic E-state index is 12.7. The molecule has 0 radical (unpaired) electrons. The minimum atomic E-state index is -0.137. The Balaban J connectivity index is 0.00000161. The zero-order chi connectivity index (χ0) is 14.0. The van der Waals surface area contributed by atoms with E-state index in [2.05, 4.69) is 41.8 Å². The van der Waals surface area contributed by atoms with Crippen LogP contribution in [0.25, 0.3) is 0 Å². The van der Waals surface area contributed by atoms with Crippen molar-refractivity contribution >= 4 is 18.3 Å². The molecule has 1 aromatic carbocycles. The van der Waals surface area contributed by atoms with Gasteiger partial charge in [-0.15, -0.1) is 12.4 Å². The van der Waals surface area contributed by atoms with E-state index >= 15 is 0 Å². The lowest BCUT2D eigenvalue weighted by Gasteiger charge is -2.37. The van der Waals surface area contributed by atoms with Gasteiger partial charge in [-0.1, -0.05) is 42.7 Å². The molecular formula is C17H25ClN2O. The molecule has 2 N–H and O–H groups in total. The van der Waals surface area contributed by atoms with E-state index in [1.807, 2.05) is 0 Å². The van der Waals surface area contributed by atoms with Gasteiger partial charge in [-0.05, 0) is 37.8 Å². The van der Waals surface area contributed by atoms with Crippen LogP contribution in [0.4, 0.5) is 0 Å². The van der Waals surface area contributed by atoms with Gasteiger partial charge in [0.1, 0.15) is 0 Å². The monoisotopic (exact) mass is 308 g/mol. The number of carbonyl (C=O) groups is 1. The largest absolute Gasteiger partial charge is 0.351 e. The number of hydrogen-bond donors (Lipinski definition) is 2. The third kappa shape index (κ3) is 3.24. The molecule has 21 heavy (non-hydrogen) atoms. The highest BCUT2D eigenvalue weighted by molar-refractivity contribution is 5.85. The second-order valence-electron chi connectivity index (χ2n) is 6.40. The number of amides is 1.